The Morgan fingerprint density at radius 1 is 1.11 bits per heavy atom. The fourth-order valence-electron chi connectivity index (χ4n) is 4.64. The molecule has 190 valence electrons. The van der Waals surface area contributed by atoms with Gasteiger partial charge in [-0.25, -0.2) is 0 Å². The van der Waals surface area contributed by atoms with Gasteiger partial charge >= 0.3 is 0 Å². The number of amides is 2. The van der Waals surface area contributed by atoms with Gasteiger partial charge in [-0.2, -0.15) is 0 Å². The number of nitrogens with zero attached hydrogens (tertiary/aromatic N) is 3. The number of carbonyl (C=O) groups is 2. The first kappa shape index (κ1) is 26.7. The van der Waals surface area contributed by atoms with Crippen LogP contribution in [-0.2, 0) is 11.3 Å². The molecule has 2 heterocycles. The minimum absolute atomic E-state index is 0.0163. The summed E-state index contributed by atoms with van der Waals surface area (Å²) in [7, 11) is 1.75. The molecule has 1 N–H and O–H groups in total. The Morgan fingerprint density at radius 3 is 2.29 bits per heavy atom. The molecule has 3 rings (SSSR count). The Balaban J connectivity index is 2.03. The molecule has 1 unspecified atom stereocenters. The summed E-state index contributed by atoms with van der Waals surface area (Å²) in [6.45, 7) is 12.3. The summed E-state index contributed by atoms with van der Waals surface area (Å²) in [5.41, 5.74) is -0.363. The zero-order chi connectivity index (χ0) is 26.1. The van der Waals surface area contributed by atoms with Crippen molar-refractivity contribution in [2.45, 2.75) is 66.2 Å². The largest absolute Gasteiger partial charge is 0.387 e. The van der Waals surface area contributed by atoms with E-state index in [4.69, 9.17) is 0 Å². The van der Waals surface area contributed by atoms with Crippen LogP contribution in [0.1, 0.15) is 58.3 Å². The molecule has 35 heavy (non-hydrogen) atoms. The predicted octanol–water partition coefficient (Wildman–Crippen LogP) is 3.64. The van der Waals surface area contributed by atoms with Crippen molar-refractivity contribution < 1.29 is 14.7 Å². The van der Waals surface area contributed by atoms with Gasteiger partial charge < -0.3 is 19.5 Å². The zero-order valence-electron chi connectivity index (χ0n) is 22.0. The smallest absolute Gasteiger partial charge is 0.255 e. The molecule has 1 atom stereocenters. The quantitative estimate of drug-likeness (QED) is 0.683. The second-order valence-electron chi connectivity index (χ2n) is 11.0. The average molecular weight is 482 g/mol. The van der Waals surface area contributed by atoms with Crippen LogP contribution in [0.25, 0.3) is 11.1 Å². The Labute approximate surface area is 208 Å². The zero-order valence-corrected chi connectivity index (χ0v) is 22.0. The van der Waals surface area contributed by atoms with E-state index in [1.54, 1.807) is 23.0 Å². The van der Waals surface area contributed by atoms with E-state index in [1.807, 2.05) is 71.9 Å². The van der Waals surface area contributed by atoms with Crippen LogP contribution in [0.4, 0.5) is 0 Å². The number of aromatic nitrogens is 1. The normalized spacial score (nSPS) is 19.8. The van der Waals surface area contributed by atoms with Crippen molar-refractivity contribution in [1.82, 2.24) is 14.4 Å². The number of hydrogen-bond acceptors (Lipinski definition) is 4. The average Bonchev–Trinajstić information content (AvgIpc) is 2.81. The highest BCUT2D eigenvalue weighted by Gasteiger charge is 2.49. The van der Waals surface area contributed by atoms with Crippen LogP contribution >= 0.6 is 0 Å². The number of benzene rings is 1. The van der Waals surface area contributed by atoms with Crippen LogP contribution in [0, 0.1) is 11.3 Å². The first-order valence-electron chi connectivity index (χ1n) is 12.4. The standard InChI is InChI=1S/C28H39N3O4/c1-19(2)25(33)30-14-13-28(35,27(5,6)17-30)18-31-16-23(26(34)29(7)20(3)4)22(15-24(31)32)21-11-9-8-10-12-21/h8-12,15-16,19-20,35H,13-14,17-18H2,1-7H3. The molecule has 0 saturated carbocycles. The molecule has 0 spiro atoms. The van der Waals surface area contributed by atoms with Crippen LogP contribution in [0.15, 0.2) is 47.4 Å². The summed E-state index contributed by atoms with van der Waals surface area (Å²) in [5.74, 6) is -0.234. The van der Waals surface area contributed by atoms with Gasteiger partial charge in [0.25, 0.3) is 11.5 Å². The molecule has 0 bridgehead atoms. The summed E-state index contributed by atoms with van der Waals surface area (Å²) >= 11 is 0. The minimum Gasteiger partial charge on any atom is -0.387 e. The highest BCUT2D eigenvalue weighted by molar-refractivity contribution is 6.00. The number of pyridine rings is 1. The second-order valence-corrected chi connectivity index (χ2v) is 11.0. The monoisotopic (exact) mass is 481 g/mol. The molecule has 1 aromatic carbocycles. The van der Waals surface area contributed by atoms with E-state index >= 15 is 0 Å². The van der Waals surface area contributed by atoms with E-state index in [0.717, 1.165) is 5.56 Å². The third-order valence-corrected chi connectivity index (χ3v) is 7.41. The predicted molar refractivity (Wildman–Crippen MR) is 138 cm³/mol. The van der Waals surface area contributed by atoms with Crippen LogP contribution in [0.5, 0.6) is 0 Å². The van der Waals surface area contributed by atoms with Crippen molar-refractivity contribution >= 4 is 11.8 Å². The molecule has 2 amide bonds. The molecule has 7 nitrogen and oxygen atoms in total. The molecule has 7 heteroatoms. The Morgan fingerprint density at radius 2 is 1.74 bits per heavy atom. The maximum absolute atomic E-state index is 13.4. The van der Waals surface area contributed by atoms with Gasteiger partial charge in [-0.3, -0.25) is 14.4 Å². The summed E-state index contributed by atoms with van der Waals surface area (Å²) < 4.78 is 1.45. The lowest BCUT2D eigenvalue weighted by atomic mass is 9.69. The summed E-state index contributed by atoms with van der Waals surface area (Å²) in [6, 6.07) is 10.9. The van der Waals surface area contributed by atoms with E-state index in [0.29, 0.717) is 30.6 Å². The van der Waals surface area contributed by atoms with E-state index in [9.17, 15) is 19.5 Å². The van der Waals surface area contributed by atoms with E-state index in [2.05, 4.69) is 0 Å². The fourth-order valence-corrected chi connectivity index (χ4v) is 4.64. The number of piperidine rings is 1. The molecule has 1 fully saturated rings. The van der Waals surface area contributed by atoms with Gasteiger partial charge in [0.1, 0.15) is 0 Å². The minimum atomic E-state index is -1.22. The number of likely N-dealkylation sites (tertiary alicyclic amines) is 1. The first-order valence-corrected chi connectivity index (χ1v) is 12.4. The number of aliphatic hydroxyl groups is 1. The van der Waals surface area contributed by atoms with Gasteiger partial charge in [0, 0.05) is 55.3 Å². The molecule has 2 aromatic rings. The number of rotatable bonds is 6. The lowest BCUT2D eigenvalue weighted by molar-refractivity contribution is -0.156. The molecule has 1 aromatic heterocycles. The van der Waals surface area contributed by atoms with Gasteiger partial charge in [-0.05, 0) is 25.8 Å². The Kier molecular flexibility index (Phi) is 7.60. The van der Waals surface area contributed by atoms with Crippen molar-refractivity contribution in [3.63, 3.8) is 0 Å². The van der Waals surface area contributed by atoms with Gasteiger partial charge in [0.2, 0.25) is 5.91 Å². The summed E-state index contributed by atoms with van der Waals surface area (Å²) in [4.78, 5) is 42.7. The molecule has 0 radical (unpaired) electrons. The van der Waals surface area contributed by atoms with Crippen LogP contribution in [-0.4, -0.2) is 63.1 Å². The van der Waals surface area contributed by atoms with Crippen molar-refractivity contribution in [1.29, 1.82) is 0 Å². The van der Waals surface area contributed by atoms with E-state index in [1.165, 1.54) is 10.6 Å². The topological polar surface area (TPSA) is 82.8 Å². The van der Waals surface area contributed by atoms with E-state index in [-0.39, 0.29) is 35.9 Å². The number of hydrogen-bond donors (Lipinski definition) is 1. The highest BCUT2D eigenvalue weighted by Crippen LogP contribution is 2.40. The van der Waals surface area contributed by atoms with E-state index < -0.39 is 11.0 Å². The maximum atomic E-state index is 13.4. The molecule has 1 aliphatic rings. The maximum Gasteiger partial charge on any atom is 0.255 e. The molecular formula is C28H39N3O4. The summed E-state index contributed by atoms with van der Waals surface area (Å²) in [5, 5.41) is 11.7. The second kappa shape index (κ2) is 9.97. The Hall–Kier alpha value is -2.93. The third-order valence-electron chi connectivity index (χ3n) is 7.41. The van der Waals surface area contributed by atoms with Crippen molar-refractivity contribution in [2.75, 3.05) is 20.1 Å². The fraction of sp³-hybridized carbons (Fsp3) is 0.536. The third kappa shape index (κ3) is 5.35. The van der Waals surface area contributed by atoms with Crippen LogP contribution in [0.2, 0.25) is 0 Å². The van der Waals surface area contributed by atoms with Crippen LogP contribution in [0.3, 0.4) is 0 Å². The molecule has 1 saturated heterocycles. The van der Waals surface area contributed by atoms with Gasteiger partial charge in [0.15, 0.2) is 0 Å². The van der Waals surface area contributed by atoms with Crippen molar-refractivity contribution in [3.05, 3.63) is 58.5 Å². The molecular weight excluding hydrogens is 442 g/mol. The molecule has 0 aliphatic carbocycles. The van der Waals surface area contributed by atoms with Crippen molar-refractivity contribution in [3.8, 4) is 11.1 Å². The van der Waals surface area contributed by atoms with Crippen molar-refractivity contribution in [2.24, 2.45) is 11.3 Å². The van der Waals surface area contributed by atoms with Crippen LogP contribution < -0.4 is 5.56 Å². The number of carbonyl (C=O) groups excluding carboxylic acids is 2. The lowest BCUT2D eigenvalue weighted by Crippen LogP contribution is -2.61. The Bertz CT molecular complexity index is 1140. The lowest BCUT2D eigenvalue weighted by Gasteiger charge is -2.50. The van der Waals surface area contributed by atoms with Gasteiger partial charge in [-0.15, -0.1) is 0 Å². The molecule has 1 aliphatic heterocycles. The highest BCUT2D eigenvalue weighted by atomic mass is 16.3. The van der Waals surface area contributed by atoms with Gasteiger partial charge in [0.05, 0.1) is 17.7 Å². The summed E-state index contributed by atoms with van der Waals surface area (Å²) in [6.07, 6.45) is 1.94. The first-order chi connectivity index (χ1) is 16.3. The SMILES string of the molecule is CC(C)C(=O)N1CCC(O)(Cn2cc(C(=O)N(C)C(C)C)c(-c3ccccc3)cc2=O)C(C)(C)C1. The van der Waals surface area contributed by atoms with Gasteiger partial charge in [-0.1, -0.05) is 58.0 Å².